The molecule has 4 rings (SSSR count). The molecule has 0 saturated heterocycles. The Morgan fingerprint density at radius 3 is 3.04 bits per heavy atom. The van der Waals surface area contributed by atoms with Crippen LogP contribution in [0.4, 0.5) is 0 Å². The van der Waals surface area contributed by atoms with Crippen molar-refractivity contribution in [2.75, 3.05) is 0 Å². The van der Waals surface area contributed by atoms with Crippen LogP contribution in [0.1, 0.15) is 5.82 Å². The van der Waals surface area contributed by atoms with Gasteiger partial charge in [-0.2, -0.15) is 5.10 Å². The molecule has 0 aliphatic carbocycles. The molecule has 1 aliphatic heterocycles. The highest BCUT2D eigenvalue weighted by Gasteiger charge is 2.16. The summed E-state index contributed by atoms with van der Waals surface area (Å²) in [7, 11) is 1.75. The second-order valence-electron chi connectivity index (χ2n) is 5.38. The first-order valence-corrected chi connectivity index (χ1v) is 8.44. The predicted octanol–water partition coefficient (Wildman–Crippen LogP) is -0.0432. The van der Waals surface area contributed by atoms with Gasteiger partial charge in [0.25, 0.3) is 10.8 Å². The maximum Gasteiger partial charge on any atom is 0.274 e. The van der Waals surface area contributed by atoms with Gasteiger partial charge in [0.15, 0.2) is 5.65 Å². The van der Waals surface area contributed by atoms with E-state index in [1.807, 2.05) is 24.3 Å². The number of aromatic amines is 1. The summed E-state index contributed by atoms with van der Waals surface area (Å²) in [5, 5.41) is 10.8. The van der Waals surface area contributed by atoms with E-state index in [1.54, 1.807) is 11.7 Å². The first kappa shape index (κ1) is 15.5. The standard InChI is InChI=1S/C16H14N6O2S/c1-9-5-3-4-6-10(9)15-20-21-16(24-15)25-8-12-18-13-11(14(23)19-12)7-17-22(13)2/h3-7,20H,1,8H2,2H3,(H,18,19,23). The van der Waals surface area contributed by atoms with Crippen molar-refractivity contribution >= 4 is 40.5 Å². The maximum atomic E-state index is 12.0. The molecule has 9 heteroatoms. The molecule has 3 aromatic rings. The fourth-order valence-electron chi connectivity index (χ4n) is 2.42. The highest BCUT2D eigenvalue weighted by Crippen LogP contribution is 2.17. The van der Waals surface area contributed by atoms with Crippen molar-refractivity contribution in [2.45, 2.75) is 5.75 Å². The molecule has 8 nitrogen and oxygen atoms in total. The van der Waals surface area contributed by atoms with Crippen LogP contribution in [-0.2, 0) is 17.5 Å². The Morgan fingerprint density at radius 1 is 1.36 bits per heavy atom. The van der Waals surface area contributed by atoms with Crippen LogP contribution in [0.2, 0.25) is 0 Å². The number of aromatic nitrogens is 4. The molecule has 0 saturated carbocycles. The van der Waals surface area contributed by atoms with Crippen molar-refractivity contribution in [3.05, 3.63) is 57.1 Å². The zero-order valence-electron chi connectivity index (χ0n) is 13.3. The number of hydrazone groups is 1. The van der Waals surface area contributed by atoms with Crippen molar-refractivity contribution in [1.82, 2.24) is 25.2 Å². The van der Waals surface area contributed by atoms with E-state index in [9.17, 15) is 4.79 Å². The van der Waals surface area contributed by atoms with E-state index in [0.717, 1.165) is 10.4 Å². The van der Waals surface area contributed by atoms with Gasteiger partial charge in [0.2, 0.25) is 5.88 Å². The van der Waals surface area contributed by atoms with Crippen LogP contribution in [-0.4, -0.2) is 25.0 Å². The summed E-state index contributed by atoms with van der Waals surface area (Å²) < 4.78 is 7.29. The van der Waals surface area contributed by atoms with Crippen LogP contribution in [0.15, 0.2) is 40.4 Å². The number of benzene rings is 1. The van der Waals surface area contributed by atoms with E-state index >= 15 is 0 Å². The van der Waals surface area contributed by atoms with Crippen LogP contribution in [0.5, 0.6) is 0 Å². The summed E-state index contributed by atoms with van der Waals surface area (Å²) >= 11 is 1.33. The SMILES string of the molecule is C=c1ccccc1=C1NN=C(SCc2nc3c(cnn3C)c(=O)[nH]2)O1. The molecule has 1 aromatic carbocycles. The van der Waals surface area contributed by atoms with Gasteiger partial charge in [-0.05, 0) is 11.3 Å². The van der Waals surface area contributed by atoms with Gasteiger partial charge in [-0.1, -0.05) is 36.5 Å². The second-order valence-corrected chi connectivity index (χ2v) is 6.31. The Bertz CT molecular complexity index is 1160. The van der Waals surface area contributed by atoms with Crippen molar-refractivity contribution in [3.8, 4) is 0 Å². The number of H-pyrrole nitrogens is 1. The molecule has 0 fully saturated rings. The quantitative estimate of drug-likeness (QED) is 0.670. The lowest BCUT2D eigenvalue weighted by atomic mass is 10.2. The molecular formula is C16H14N6O2S. The summed E-state index contributed by atoms with van der Waals surface area (Å²) in [5.74, 6) is 1.48. The Labute approximate surface area is 145 Å². The van der Waals surface area contributed by atoms with Crippen LogP contribution in [0, 0.1) is 0 Å². The zero-order valence-corrected chi connectivity index (χ0v) is 14.1. The van der Waals surface area contributed by atoms with Gasteiger partial charge in [-0.3, -0.25) is 9.48 Å². The lowest BCUT2D eigenvalue weighted by Gasteiger charge is -2.02. The molecule has 0 spiro atoms. The minimum absolute atomic E-state index is 0.209. The Morgan fingerprint density at radius 2 is 2.20 bits per heavy atom. The van der Waals surface area contributed by atoms with Crippen LogP contribution in [0.25, 0.3) is 23.5 Å². The smallest absolute Gasteiger partial charge is 0.274 e. The molecule has 1 aliphatic rings. The number of thioether (sulfide) groups is 1. The van der Waals surface area contributed by atoms with Crippen molar-refractivity contribution < 1.29 is 4.74 Å². The van der Waals surface area contributed by atoms with Gasteiger partial charge in [0, 0.05) is 12.3 Å². The minimum atomic E-state index is -0.209. The molecule has 126 valence electrons. The average Bonchev–Trinajstić information content (AvgIpc) is 3.21. The summed E-state index contributed by atoms with van der Waals surface area (Å²) in [5.41, 5.74) is 3.20. The lowest BCUT2D eigenvalue weighted by molar-refractivity contribution is 0.514. The molecule has 2 aromatic heterocycles. The normalized spacial score (nSPS) is 15.8. The third-order valence-corrected chi connectivity index (χ3v) is 4.52. The molecule has 3 heterocycles. The van der Waals surface area contributed by atoms with E-state index < -0.39 is 0 Å². The number of hydrogen-bond donors (Lipinski definition) is 2. The number of aryl methyl sites for hydroxylation is 1. The van der Waals surface area contributed by atoms with E-state index in [1.165, 1.54) is 18.0 Å². The number of hydrogen-bond acceptors (Lipinski definition) is 7. The lowest BCUT2D eigenvalue weighted by Crippen LogP contribution is -2.28. The van der Waals surface area contributed by atoms with Crippen molar-refractivity contribution in [3.63, 3.8) is 0 Å². The second kappa shape index (κ2) is 6.10. The first-order valence-electron chi connectivity index (χ1n) is 7.45. The Kier molecular flexibility index (Phi) is 3.77. The van der Waals surface area contributed by atoms with E-state index in [2.05, 4.69) is 32.2 Å². The third kappa shape index (κ3) is 2.89. The monoisotopic (exact) mass is 354 g/mol. The topological polar surface area (TPSA) is 97.2 Å². The molecule has 0 amide bonds. The number of ether oxygens (including phenoxy) is 1. The summed E-state index contributed by atoms with van der Waals surface area (Å²) in [4.78, 5) is 19.2. The van der Waals surface area contributed by atoms with Gasteiger partial charge < -0.3 is 9.72 Å². The third-order valence-electron chi connectivity index (χ3n) is 3.68. The molecule has 25 heavy (non-hydrogen) atoms. The highest BCUT2D eigenvalue weighted by atomic mass is 32.2. The van der Waals surface area contributed by atoms with Crippen LogP contribution in [0.3, 0.4) is 0 Å². The van der Waals surface area contributed by atoms with Crippen molar-refractivity contribution in [2.24, 2.45) is 12.1 Å². The summed E-state index contributed by atoms with van der Waals surface area (Å²) in [6.45, 7) is 3.97. The number of nitrogens with zero attached hydrogens (tertiary/aromatic N) is 4. The van der Waals surface area contributed by atoms with Gasteiger partial charge >= 0.3 is 0 Å². The van der Waals surface area contributed by atoms with Gasteiger partial charge in [-0.25, -0.2) is 10.4 Å². The number of rotatable bonds is 2. The first-order chi connectivity index (χ1) is 12.1. The maximum absolute atomic E-state index is 12.0. The molecule has 2 N–H and O–H groups in total. The molecule has 0 unspecified atom stereocenters. The van der Waals surface area contributed by atoms with Gasteiger partial charge in [0.05, 0.1) is 11.9 Å². The van der Waals surface area contributed by atoms with Crippen LogP contribution >= 0.6 is 11.8 Å². The minimum Gasteiger partial charge on any atom is -0.413 e. The molecule has 0 bridgehead atoms. The fraction of sp³-hybridized carbons (Fsp3) is 0.125. The largest absolute Gasteiger partial charge is 0.413 e. The summed E-state index contributed by atoms with van der Waals surface area (Å²) in [6, 6.07) is 7.62. The van der Waals surface area contributed by atoms with Gasteiger partial charge in [-0.15, -0.1) is 5.10 Å². The predicted molar refractivity (Wildman–Crippen MR) is 96.7 cm³/mol. The zero-order chi connectivity index (χ0) is 17.4. The van der Waals surface area contributed by atoms with E-state index in [-0.39, 0.29) is 5.56 Å². The van der Waals surface area contributed by atoms with E-state index in [0.29, 0.717) is 33.7 Å². The average molecular weight is 354 g/mol. The molecular weight excluding hydrogens is 340 g/mol. The fourth-order valence-corrected chi connectivity index (χ4v) is 3.07. The molecule has 0 radical (unpaired) electrons. The number of fused-ring (bicyclic) bond motifs is 1. The highest BCUT2D eigenvalue weighted by molar-refractivity contribution is 8.12. The Balaban J connectivity index is 1.53. The Hall–Kier alpha value is -3.07. The molecule has 0 atom stereocenters. The van der Waals surface area contributed by atoms with Gasteiger partial charge in [0.1, 0.15) is 11.2 Å². The van der Waals surface area contributed by atoms with Crippen LogP contribution < -0.4 is 21.4 Å². The van der Waals surface area contributed by atoms with E-state index in [4.69, 9.17) is 4.74 Å². The summed E-state index contributed by atoms with van der Waals surface area (Å²) in [6.07, 6.45) is 1.50. The number of nitrogens with one attached hydrogen (secondary N) is 2. The van der Waals surface area contributed by atoms with Crippen molar-refractivity contribution in [1.29, 1.82) is 0 Å².